The Bertz CT molecular complexity index is 565. The minimum absolute atomic E-state index is 0.486. The van der Waals surface area contributed by atoms with Gasteiger partial charge in [0.15, 0.2) is 0 Å². The van der Waals surface area contributed by atoms with Crippen molar-refractivity contribution in [1.82, 2.24) is 17.8 Å². The van der Waals surface area contributed by atoms with E-state index in [4.69, 9.17) is 0 Å². The van der Waals surface area contributed by atoms with E-state index in [0.717, 1.165) is 19.6 Å². The Kier molecular flexibility index (Phi) is 3.29. The molecule has 3 rings (SSSR count). The predicted octanol–water partition coefficient (Wildman–Crippen LogP) is 2.21. The number of fused-ring (bicyclic) bond motifs is 1. The van der Waals surface area contributed by atoms with Crippen LogP contribution in [0.15, 0.2) is 24.4 Å². The summed E-state index contributed by atoms with van der Waals surface area (Å²) in [4.78, 5) is 2.44. The van der Waals surface area contributed by atoms with Crippen molar-refractivity contribution in [1.29, 1.82) is 0 Å². The van der Waals surface area contributed by atoms with Crippen LogP contribution in [0.2, 0.25) is 0 Å². The third-order valence-corrected chi connectivity index (χ3v) is 4.63. The third kappa shape index (κ3) is 2.15. The number of nitrogens with zero attached hydrogens (tertiary/aromatic N) is 4. The Balaban J connectivity index is 1.97. The zero-order valence-electron chi connectivity index (χ0n) is 10.7. The van der Waals surface area contributed by atoms with Crippen LogP contribution < -0.4 is 0 Å². The summed E-state index contributed by atoms with van der Waals surface area (Å²) in [5.74, 6) is 0. The molecule has 0 saturated carbocycles. The molecule has 2 aromatic rings. The summed E-state index contributed by atoms with van der Waals surface area (Å²) in [5, 5.41) is 5.54. The highest BCUT2D eigenvalue weighted by Crippen LogP contribution is 2.27. The lowest BCUT2D eigenvalue weighted by Crippen LogP contribution is -2.42. The Hall–Kier alpha value is -0.660. The van der Waals surface area contributed by atoms with Crippen molar-refractivity contribution in [3.05, 3.63) is 30.0 Å². The van der Waals surface area contributed by atoms with Crippen LogP contribution in [0, 0.1) is 0 Å². The van der Waals surface area contributed by atoms with Gasteiger partial charge in [-0.2, -0.15) is 5.10 Å². The van der Waals surface area contributed by atoms with E-state index in [9.17, 15) is 0 Å². The molecule has 0 radical (unpaired) electrons. The van der Waals surface area contributed by atoms with E-state index in [1.165, 1.54) is 16.5 Å². The topological polar surface area (TPSA) is 24.3 Å². The van der Waals surface area contributed by atoms with E-state index in [1.54, 1.807) is 0 Å². The molecule has 0 spiro atoms. The van der Waals surface area contributed by atoms with Crippen LogP contribution in [0.5, 0.6) is 0 Å². The smallest absolute Gasteiger partial charge is 0.0679 e. The lowest BCUT2D eigenvalue weighted by atomic mass is 10.0. The summed E-state index contributed by atoms with van der Waals surface area (Å²) >= 11 is 2.42. The first-order chi connectivity index (χ1) is 8.65. The Morgan fingerprint density at radius 1 is 1.28 bits per heavy atom. The number of aryl methyl sites for hydroxylation is 1. The lowest BCUT2D eigenvalue weighted by molar-refractivity contribution is 0.165. The van der Waals surface area contributed by atoms with Gasteiger partial charge < -0.3 is 0 Å². The second-order valence-corrected chi connectivity index (χ2v) is 6.32. The van der Waals surface area contributed by atoms with Gasteiger partial charge in [0, 0.05) is 61.0 Å². The molecule has 0 N–H and O–H groups in total. The Morgan fingerprint density at radius 3 is 2.94 bits per heavy atom. The monoisotopic (exact) mass is 356 g/mol. The van der Waals surface area contributed by atoms with E-state index in [-0.39, 0.29) is 0 Å². The highest BCUT2D eigenvalue weighted by Gasteiger charge is 2.24. The average molecular weight is 356 g/mol. The van der Waals surface area contributed by atoms with Crippen molar-refractivity contribution in [2.24, 2.45) is 7.05 Å². The second-order valence-electron chi connectivity index (χ2n) is 4.95. The fourth-order valence-corrected chi connectivity index (χ4v) is 3.18. The maximum absolute atomic E-state index is 4.31. The van der Waals surface area contributed by atoms with Crippen LogP contribution in [0.1, 0.15) is 11.6 Å². The number of hydrogen-bond donors (Lipinski definition) is 0. The lowest BCUT2D eigenvalue weighted by Gasteiger charge is -2.36. The summed E-state index contributed by atoms with van der Waals surface area (Å²) in [6, 6.07) is 7.18. The zero-order valence-corrected chi connectivity index (χ0v) is 12.8. The maximum Gasteiger partial charge on any atom is 0.0679 e. The van der Waals surface area contributed by atoms with Crippen molar-refractivity contribution in [2.45, 2.75) is 6.04 Å². The molecule has 0 aliphatic carbocycles. The fraction of sp³-hybridized carbons (Fsp3) is 0.462. The molecule has 1 atom stereocenters. The molecule has 1 aromatic heterocycles. The number of halogens is 1. The van der Waals surface area contributed by atoms with Gasteiger partial charge in [-0.05, 0) is 24.7 Å². The molecule has 0 bridgehead atoms. The summed E-state index contributed by atoms with van der Waals surface area (Å²) in [6.45, 7) is 3.35. The largest absolute Gasteiger partial charge is 0.297 e. The molecular weight excluding hydrogens is 339 g/mol. The molecule has 1 aromatic carbocycles. The van der Waals surface area contributed by atoms with Gasteiger partial charge in [-0.3, -0.25) is 9.58 Å². The molecule has 2 heterocycles. The zero-order chi connectivity index (χ0) is 12.7. The summed E-state index contributed by atoms with van der Waals surface area (Å²) in [6.07, 6.45) is 1.95. The van der Waals surface area contributed by atoms with Crippen LogP contribution in [0.25, 0.3) is 10.9 Å². The van der Waals surface area contributed by atoms with Gasteiger partial charge in [-0.25, -0.2) is 3.11 Å². The number of likely N-dealkylation sites (N-methyl/N-ethyl adjacent to an activating group) is 1. The van der Waals surface area contributed by atoms with Gasteiger partial charge in [0.25, 0.3) is 0 Å². The van der Waals surface area contributed by atoms with Crippen molar-refractivity contribution < 1.29 is 0 Å². The van der Waals surface area contributed by atoms with E-state index in [2.05, 4.69) is 61.2 Å². The van der Waals surface area contributed by atoms with E-state index < -0.39 is 0 Å². The van der Waals surface area contributed by atoms with E-state index in [0.29, 0.717) is 6.04 Å². The summed E-state index contributed by atoms with van der Waals surface area (Å²) in [7, 11) is 4.20. The van der Waals surface area contributed by atoms with Crippen molar-refractivity contribution in [3.63, 3.8) is 0 Å². The minimum Gasteiger partial charge on any atom is -0.297 e. The first-order valence-corrected chi connectivity index (χ1v) is 7.14. The molecule has 5 heteroatoms. The Morgan fingerprint density at radius 2 is 2.11 bits per heavy atom. The molecular formula is C13H17IN4. The molecule has 1 saturated heterocycles. The highest BCUT2D eigenvalue weighted by molar-refractivity contribution is 14.1. The molecule has 1 aliphatic rings. The van der Waals surface area contributed by atoms with Crippen LogP contribution in [-0.4, -0.2) is 44.5 Å². The van der Waals surface area contributed by atoms with Crippen molar-refractivity contribution >= 4 is 33.8 Å². The molecule has 18 heavy (non-hydrogen) atoms. The van der Waals surface area contributed by atoms with Gasteiger partial charge in [0.05, 0.1) is 11.7 Å². The highest BCUT2D eigenvalue weighted by atomic mass is 127. The first-order valence-electron chi connectivity index (χ1n) is 6.18. The third-order valence-electron chi connectivity index (χ3n) is 3.75. The van der Waals surface area contributed by atoms with E-state index >= 15 is 0 Å². The Labute approximate surface area is 121 Å². The number of hydrogen-bond acceptors (Lipinski definition) is 3. The molecule has 0 unspecified atom stereocenters. The molecule has 0 amide bonds. The van der Waals surface area contributed by atoms with Crippen LogP contribution >= 0.6 is 22.9 Å². The predicted molar refractivity (Wildman–Crippen MR) is 81.7 cm³/mol. The number of piperazine rings is 1. The van der Waals surface area contributed by atoms with Gasteiger partial charge >= 0.3 is 0 Å². The summed E-state index contributed by atoms with van der Waals surface area (Å²) < 4.78 is 4.30. The van der Waals surface area contributed by atoms with Crippen LogP contribution in [0.3, 0.4) is 0 Å². The standard InChI is InChI=1S/C13H17IN4/c1-16-5-6-18(14)9-13(16)10-3-4-12-11(7-10)8-15-17(12)2/h3-4,7-8,13H,5-6,9H2,1-2H3/t13-/m0/s1. The first kappa shape index (κ1) is 12.4. The maximum atomic E-state index is 4.31. The van der Waals surface area contributed by atoms with Gasteiger partial charge in [-0.1, -0.05) is 6.07 Å². The number of benzene rings is 1. The quantitative estimate of drug-likeness (QED) is 0.579. The number of rotatable bonds is 1. The van der Waals surface area contributed by atoms with Crippen LogP contribution in [-0.2, 0) is 7.05 Å². The fourth-order valence-electron chi connectivity index (χ4n) is 2.59. The van der Waals surface area contributed by atoms with Gasteiger partial charge in [0.1, 0.15) is 0 Å². The summed E-state index contributed by atoms with van der Waals surface area (Å²) in [5.41, 5.74) is 2.59. The van der Waals surface area contributed by atoms with Crippen LogP contribution in [0.4, 0.5) is 0 Å². The number of aromatic nitrogens is 2. The average Bonchev–Trinajstić information content (AvgIpc) is 2.74. The molecule has 1 fully saturated rings. The van der Waals surface area contributed by atoms with Crippen molar-refractivity contribution in [2.75, 3.05) is 26.7 Å². The van der Waals surface area contributed by atoms with E-state index in [1.807, 2.05) is 17.9 Å². The van der Waals surface area contributed by atoms with Crippen molar-refractivity contribution in [3.8, 4) is 0 Å². The van der Waals surface area contributed by atoms with Gasteiger partial charge in [0.2, 0.25) is 0 Å². The van der Waals surface area contributed by atoms with Gasteiger partial charge in [-0.15, -0.1) is 0 Å². The minimum atomic E-state index is 0.486. The SMILES string of the molecule is CN1CCN(I)C[C@H]1c1ccc2c(cnn2C)c1. The molecule has 4 nitrogen and oxygen atoms in total. The normalized spacial score (nSPS) is 22.7. The molecule has 1 aliphatic heterocycles. The second kappa shape index (κ2) is 4.79. The molecule has 96 valence electrons.